The standard InChI is InChI=1S/C22H19Cl2N5O3/c1-27-8-10-28(11-9-27)22(31)32-21-16-12-14(23)4-5-15(16)20(30)29(21)18-7-3-13-2-6-17(24)25-19(13)26-18/h2-7,12,21H,8-11H2,1H3. The van der Waals surface area contributed by atoms with Crippen molar-refractivity contribution >= 4 is 52.1 Å². The Morgan fingerprint density at radius 3 is 2.56 bits per heavy atom. The molecular formula is C22H19Cl2N5O3. The van der Waals surface area contributed by atoms with Gasteiger partial charge in [-0.25, -0.2) is 14.8 Å². The van der Waals surface area contributed by atoms with E-state index in [1.54, 1.807) is 47.4 Å². The van der Waals surface area contributed by atoms with E-state index in [2.05, 4.69) is 14.9 Å². The summed E-state index contributed by atoms with van der Waals surface area (Å²) >= 11 is 12.2. The molecule has 1 fully saturated rings. The summed E-state index contributed by atoms with van der Waals surface area (Å²) in [7, 11) is 2.00. The Balaban J connectivity index is 1.53. The molecule has 2 aliphatic rings. The van der Waals surface area contributed by atoms with E-state index >= 15 is 0 Å². The Kier molecular flexibility index (Phi) is 5.36. The minimum atomic E-state index is -0.993. The molecule has 0 spiro atoms. The summed E-state index contributed by atoms with van der Waals surface area (Å²) in [5.41, 5.74) is 1.32. The van der Waals surface area contributed by atoms with Crippen LogP contribution in [0.5, 0.6) is 0 Å². The highest BCUT2D eigenvalue weighted by atomic mass is 35.5. The van der Waals surface area contributed by atoms with E-state index < -0.39 is 12.3 Å². The highest BCUT2D eigenvalue weighted by Gasteiger charge is 2.42. The van der Waals surface area contributed by atoms with Gasteiger partial charge in [0.05, 0.1) is 0 Å². The van der Waals surface area contributed by atoms with Gasteiger partial charge in [0.15, 0.2) is 5.65 Å². The molecule has 1 unspecified atom stereocenters. The number of carbonyl (C=O) groups is 2. The third-order valence-electron chi connectivity index (χ3n) is 5.69. The third kappa shape index (κ3) is 3.74. The monoisotopic (exact) mass is 471 g/mol. The second-order valence-electron chi connectivity index (χ2n) is 7.78. The summed E-state index contributed by atoms with van der Waals surface area (Å²) in [5, 5.41) is 1.51. The van der Waals surface area contributed by atoms with Gasteiger partial charge in [0, 0.05) is 47.7 Å². The lowest BCUT2D eigenvalue weighted by Crippen LogP contribution is -2.48. The number of rotatable bonds is 2. The van der Waals surface area contributed by atoms with E-state index in [1.807, 2.05) is 7.05 Å². The summed E-state index contributed by atoms with van der Waals surface area (Å²) in [6.45, 7) is 2.61. The molecule has 2 amide bonds. The Bertz CT molecular complexity index is 1230. The molecule has 8 nitrogen and oxygen atoms in total. The fourth-order valence-electron chi connectivity index (χ4n) is 3.91. The van der Waals surface area contributed by atoms with Crippen molar-refractivity contribution in [1.82, 2.24) is 19.8 Å². The molecule has 0 bridgehead atoms. The second kappa shape index (κ2) is 8.20. The molecule has 1 atom stereocenters. The number of aromatic nitrogens is 2. The quantitative estimate of drug-likeness (QED) is 0.525. The van der Waals surface area contributed by atoms with Gasteiger partial charge in [0.25, 0.3) is 5.91 Å². The zero-order valence-electron chi connectivity index (χ0n) is 17.2. The molecule has 0 aliphatic carbocycles. The highest BCUT2D eigenvalue weighted by Crippen LogP contribution is 2.39. The molecular weight excluding hydrogens is 453 g/mol. The number of nitrogens with zero attached hydrogens (tertiary/aromatic N) is 5. The second-order valence-corrected chi connectivity index (χ2v) is 8.61. The van der Waals surface area contributed by atoms with Gasteiger partial charge in [-0.3, -0.25) is 9.69 Å². The SMILES string of the molecule is CN1CCN(C(=O)OC2c3cc(Cl)ccc3C(=O)N2c2ccc3ccc(Cl)nc3n2)CC1. The van der Waals surface area contributed by atoms with Gasteiger partial charge in [-0.15, -0.1) is 0 Å². The number of hydrogen-bond donors (Lipinski definition) is 0. The molecule has 5 rings (SSSR count). The van der Waals surface area contributed by atoms with Crippen molar-refractivity contribution in [2.24, 2.45) is 0 Å². The molecule has 0 N–H and O–H groups in total. The van der Waals surface area contributed by atoms with Crippen molar-refractivity contribution in [3.63, 3.8) is 0 Å². The molecule has 164 valence electrons. The van der Waals surface area contributed by atoms with Gasteiger partial charge in [0.1, 0.15) is 11.0 Å². The Morgan fingerprint density at radius 2 is 1.78 bits per heavy atom. The summed E-state index contributed by atoms with van der Waals surface area (Å²) in [6, 6.07) is 11.9. The fourth-order valence-corrected chi connectivity index (χ4v) is 4.23. The number of hydrogen-bond acceptors (Lipinski definition) is 6. The van der Waals surface area contributed by atoms with E-state index in [-0.39, 0.29) is 5.91 Å². The molecule has 10 heteroatoms. The summed E-state index contributed by atoms with van der Waals surface area (Å²) in [5.74, 6) is -0.0255. The number of pyridine rings is 2. The number of amides is 2. The Hall–Kier alpha value is -2.94. The molecule has 0 radical (unpaired) electrons. The largest absolute Gasteiger partial charge is 0.420 e. The molecule has 32 heavy (non-hydrogen) atoms. The van der Waals surface area contributed by atoms with Crippen LogP contribution in [0.2, 0.25) is 10.2 Å². The maximum atomic E-state index is 13.3. The van der Waals surface area contributed by atoms with Crippen molar-refractivity contribution < 1.29 is 14.3 Å². The van der Waals surface area contributed by atoms with Gasteiger partial charge < -0.3 is 14.5 Å². The van der Waals surface area contributed by atoms with Crippen LogP contribution < -0.4 is 4.90 Å². The summed E-state index contributed by atoms with van der Waals surface area (Å²) in [6.07, 6.45) is -1.48. The predicted molar refractivity (Wildman–Crippen MR) is 121 cm³/mol. The number of anilines is 1. The van der Waals surface area contributed by atoms with Crippen LogP contribution >= 0.6 is 23.2 Å². The van der Waals surface area contributed by atoms with Gasteiger partial charge >= 0.3 is 6.09 Å². The highest BCUT2D eigenvalue weighted by molar-refractivity contribution is 6.31. The Labute approximate surface area is 194 Å². The first-order valence-corrected chi connectivity index (χ1v) is 10.9. The Morgan fingerprint density at radius 1 is 1.03 bits per heavy atom. The zero-order chi connectivity index (χ0) is 22.4. The van der Waals surface area contributed by atoms with Crippen molar-refractivity contribution in [2.75, 3.05) is 38.1 Å². The van der Waals surface area contributed by atoms with Crippen molar-refractivity contribution in [2.45, 2.75) is 6.23 Å². The minimum absolute atomic E-state index is 0.294. The van der Waals surface area contributed by atoms with Crippen LogP contribution in [0.3, 0.4) is 0 Å². The van der Waals surface area contributed by atoms with Crippen LogP contribution in [0, 0.1) is 0 Å². The summed E-state index contributed by atoms with van der Waals surface area (Å²) < 4.78 is 5.87. The molecule has 1 saturated heterocycles. The van der Waals surface area contributed by atoms with Crippen molar-refractivity contribution in [1.29, 1.82) is 0 Å². The number of carbonyl (C=O) groups excluding carboxylic acids is 2. The lowest BCUT2D eigenvalue weighted by atomic mass is 10.1. The number of benzene rings is 1. The van der Waals surface area contributed by atoms with Crippen LogP contribution in [-0.4, -0.2) is 65.0 Å². The van der Waals surface area contributed by atoms with Crippen LogP contribution in [0.15, 0.2) is 42.5 Å². The molecule has 1 aromatic carbocycles. The number of fused-ring (bicyclic) bond motifs is 2. The van der Waals surface area contributed by atoms with Crippen LogP contribution in [0.25, 0.3) is 11.0 Å². The third-order valence-corrected chi connectivity index (χ3v) is 6.13. The smallest absolute Gasteiger partial charge is 0.412 e. The summed E-state index contributed by atoms with van der Waals surface area (Å²) in [4.78, 5) is 40.2. The van der Waals surface area contributed by atoms with Crippen molar-refractivity contribution in [3.05, 3.63) is 63.8 Å². The molecule has 2 aliphatic heterocycles. The molecule has 2 aromatic heterocycles. The lowest BCUT2D eigenvalue weighted by Gasteiger charge is -2.33. The number of likely N-dealkylation sites (N-methyl/N-ethyl adjacent to an activating group) is 1. The van der Waals surface area contributed by atoms with E-state index in [0.717, 1.165) is 18.5 Å². The molecule has 4 heterocycles. The number of piperazine rings is 1. The normalized spacial score (nSPS) is 18.8. The average Bonchev–Trinajstić information content (AvgIpc) is 3.04. The van der Waals surface area contributed by atoms with Gasteiger partial charge in [0.2, 0.25) is 6.23 Å². The minimum Gasteiger partial charge on any atom is -0.420 e. The fraction of sp³-hybridized carbons (Fsp3) is 0.273. The topological polar surface area (TPSA) is 78.9 Å². The van der Waals surface area contributed by atoms with E-state index in [1.165, 1.54) is 4.90 Å². The van der Waals surface area contributed by atoms with Gasteiger partial charge in [-0.05, 0) is 49.5 Å². The lowest BCUT2D eigenvalue weighted by molar-refractivity contribution is 0.0489. The van der Waals surface area contributed by atoms with Crippen LogP contribution in [0.4, 0.5) is 10.6 Å². The predicted octanol–water partition coefficient (Wildman–Crippen LogP) is 3.98. The first-order chi connectivity index (χ1) is 15.4. The maximum absolute atomic E-state index is 13.3. The van der Waals surface area contributed by atoms with Crippen LogP contribution in [0.1, 0.15) is 22.1 Å². The number of ether oxygens (including phenoxy) is 1. The maximum Gasteiger partial charge on any atom is 0.412 e. The van der Waals surface area contributed by atoms with E-state index in [0.29, 0.717) is 45.9 Å². The van der Waals surface area contributed by atoms with Gasteiger partial charge in [-0.2, -0.15) is 0 Å². The van der Waals surface area contributed by atoms with E-state index in [9.17, 15) is 9.59 Å². The molecule has 3 aromatic rings. The average molecular weight is 472 g/mol. The number of halogens is 2. The first kappa shape index (κ1) is 20.9. The van der Waals surface area contributed by atoms with Crippen molar-refractivity contribution in [3.8, 4) is 0 Å². The van der Waals surface area contributed by atoms with Crippen LogP contribution in [-0.2, 0) is 4.74 Å². The zero-order valence-corrected chi connectivity index (χ0v) is 18.7. The van der Waals surface area contributed by atoms with Gasteiger partial charge in [-0.1, -0.05) is 23.2 Å². The first-order valence-electron chi connectivity index (χ1n) is 10.1. The van der Waals surface area contributed by atoms with E-state index in [4.69, 9.17) is 27.9 Å². The molecule has 0 saturated carbocycles.